The maximum Gasteiger partial charge on any atom is 0.205 e. The maximum absolute atomic E-state index is 6.42. The molecular weight excluding hydrogens is 356 g/mol. The molecule has 0 aliphatic carbocycles. The van der Waals surface area contributed by atoms with Crippen LogP contribution in [-0.4, -0.2) is 57.4 Å². The zero-order valence-corrected chi connectivity index (χ0v) is 16.8. The molecule has 1 spiro atoms. The van der Waals surface area contributed by atoms with Crippen LogP contribution in [0.1, 0.15) is 25.3 Å². The summed E-state index contributed by atoms with van der Waals surface area (Å²) >= 11 is 0. The molecule has 0 amide bonds. The van der Waals surface area contributed by atoms with E-state index in [2.05, 4.69) is 24.0 Å². The van der Waals surface area contributed by atoms with Gasteiger partial charge < -0.3 is 18.9 Å². The second-order valence-corrected chi connectivity index (χ2v) is 8.57. The fraction of sp³-hybridized carbons (Fsp3) is 0.591. The van der Waals surface area contributed by atoms with Gasteiger partial charge in [-0.3, -0.25) is 4.90 Å². The number of hydrogen-bond acceptors (Lipinski definition) is 6. The van der Waals surface area contributed by atoms with Crippen molar-refractivity contribution in [1.82, 2.24) is 4.90 Å². The van der Waals surface area contributed by atoms with Crippen molar-refractivity contribution < 1.29 is 18.9 Å². The number of hydrogen-bond donors (Lipinski definition) is 0. The van der Waals surface area contributed by atoms with Crippen molar-refractivity contribution >= 4 is 11.6 Å². The average Bonchev–Trinajstić information content (AvgIpc) is 3.08. The molecule has 7 rings (SSSR count). The predicted octanol–water partition coefficient (Wildman–Crippen LogP) is 3.06. The Hall–Kier alpha value is -2.21. The highest BCUT2D eigenvalue weighted by atomic mass is 16.5. The summed E-state index contributed by atoms with van der Waals surface area (Å²) in [7, 11) is 4.98. The average molecular weight is 382 g/mol. The molecule has 1 aromatic carbocycles. The van der Waals surface area contributed by atoms with Gasteiger partial charge in [-0.25, -0.2) is 4.99 Å². The Morgan fingerprint density at radius 2 is 2.04 bits per heavy atom. The molecule has 5 saturated heterocycles. The van der Waals surface area contributed by atoms with Gasteiger partial charge >= 0.3 is 0 Å². The molecule has 148 valence electrons. The van der Waals surface area contributed by atoms with Crippen molar-refractivity contribution in [3.63, 3.8) is 0 Å². The lowest BCUT2D eigenvalue weighted by Gasteiger charge is -2.54. The van der Waals surface area contributed by atoms with Gasteiger partial charge in [0.25, 0.3) is 0 Å². The van der Waals surface area contributed by atoms with Crippen molar-refractivity contribution in [3.05, 3.63) is 23.3 Å². The number of aliphatic imine (C=N–C) groups is 1. The van der Waals surface area contributed by atoms with Gasteiger partial charge in [0, 0.05) is 30.1 Å². The van der Waals surface area contributed by atoms with E-state index in [1.54, 1.807) is 26.9 Å². The van der Waals surface area contributed by atoms with E-state index in [-0.39, 0.29) is 5.41 Å². The molecule has 6 aliphatic heterocycles. The number of methoxy groups -OCH3 is 3. The summed E-state index contributed by atoms with van der Waals surface area (Å²) in [5.41, 5.74) is 3.42. The second kappa shape index (κ2) is 5.44. The summed E-state index contributed by atoms with van der Waals surface area (Å²) in [4.78, 5) is 7.72. The smallest absolute Gasteiger partial charge is 0.205 e. The minimum absolute atomic E-state index is 0.199. The van der Waals surface area contributed by atoms with E-state index in [0.717, 1.165) is 31.2 Å². The van der Waals surface area contributed by atoms with E-state index in [1.807, 2.05) is 0 Å². The molecule has 6 atom stereocenters. The van der Waals surface area contributed by atoms with Gasteiger partial charge in [-0.2, -0.15) is 0 Å². The van der Waals surface area contributed by atoms with Crippen LogP contribution in [-0.2, 0) is 10.2 Å². The quantitative estimate of drug-likeness (QED) is 0.752. The van der Waals surface area contributed by atoms with E-state index in [1.165, 1.54) is 12.0 Å². The Bertz CT molecular complexity index is 939. The van der Waals surface area contributed by atoms with E-state index in [4.69, 9.17) is 23.9 Å². The first-order valence-corrected chi connectivity index (χ1v) is 10.1. The van der Waals surface area contributed by atoms with Gasteiger partial charge in [0.2, 0.25) is 11.6 Å². The van der Waals surface area contributed by atoms with E-state index in [9.17, 15) is 0 Å². The number of rotatable bonds is 3. The Morgan fingerprint density at radius 1 is 1.21 bits per heavy atom. The van der Waals surface area contributed by atoms with Crippen LogP contribution in [0.3, 0.4) is 0 Å². The topological polar surface area (TPSA) is 52.5 Å². The highest BCUT2D eigenvalue weighted by Gasteiger charge is 2.69. The minimum atomic E-state index is -0.199. The summed E-state index contributed by atoms with van der Waals surface area (Å²) in [6.45, 7) is 4.01. The number of nitrogens with zero attached hydrogens (tertiary/aromatic N) is 2. The van der Waals surface area contributed by atoms with Gasteiger partial charge in [0.05, 0.1) is 33.4 Å². The van der Waals surface area contributed by atoms with E-state index >= 15 is 0 Å². The zero-order chi connectivity index (χ0) is 19.2. The molecule has 6 heteroatoms. The van der Waals surface area contributed by atoms with Crippen LogP contribution in [0.5, 0.6) is 17.2 Å². The maximum atomic E-state index is 6.42. The normalized spacial score (nSPS) is 39.9. The van der Waals surface area contributed by atoms with Crippen LogP contribution in [0, 0.1) is 11.8 Å². The van der Waals surface area contributed by atoms with Crippen molar-refractivity contribution in [3.8, 4) is 17.2 Å². The lowest BCUT2D eigenvalue weighted by molar-refractivity contribution is -0.0150. The Morgan fingerprint density at radius 3 is 2.75 bits per heavy atom. The summed E-state index contributed by atoms with van der Waals surface area (Å²) in [5.74, 6) is 4.01. The van der Waals surface area contributed by atoms with Crippen LogP contribution in [0.15, 0.2) is 22.7 Å². The van der Waals surface area contributed by atoms with Crippen LogP contribution < -0.4 is 14.2 Å². The van der Waals surface area contributed by atoms with Crippen molar-refractivity contribution in [2.45, 2.75) is 37.3 Å². The van der Waals surface area contributed by atoms with Crippen molar-refractivity contribution in [1.29, 1.82) is 0 Å². The molecule has 6 nitrogen and oxygen atoms in total. The van der Waals surface area contributed by atoms with Gasteiger partial charge in [0.15, 0.2) is 11.5 Å². The molecular formula is C22H26N2O4. The van der Waals surface area contributed by atoms with Crippen LogP contribution in [0.25, 0.3) is 0 Å². The Kier molecular flexibility index (Phi) is 3.25. The first-order valence-electron chi connectivity index (χ1n) is 10.1. The zero-order valence-electron chi connectivity index (χ0n) is 16.8. The molecule has 0 radical (unpaired) electrons. The third kappa shape index (κ3) is 1.68. The summed E-state index contributed by atoms with van der Waals surface area (Å²) in [5, 5.41) is 0. The van der Waals surface area contributed by atoms with Crippen LogP contribution in [0.4, 0.5) is 5.69 Å². The molecule has 1 aromatic rings. The fourth-order valence-corrected chi connectivity index (χ4v) is 6.79. The largest absolute Gasteiger partial charge is 0.493 e. The molecule has 0 N–H and O–H groups in total. The van der Waals surface area contributed by atoms with Crippen LogP contribution >= 0.6 is 0 Å². The van der Waals surface area contributed by atoms with Crippen molar-refractivity contribution in [2.24, 2.45) is 16.8 Å². The number of allylic oxidation sites excluding steroid dienone is 1. The number of fused-ring (bicyclic) bond motifs is 2. The van der Waals surface area contributed by atoms with Crippen molar-refractivity contribution in [2.75, 3.05) is 34.5 Å². The first-order chi connectivity index (χ1) is 13.7. The standard InChI is InChI=1S/C22H26N2O4/c1-5-11-9-24-15-8-22-14-7-16(25-2)19(26-3)20(27-4)18(14)23-21(22)28-10-13(15)12(11)6-17(22)24/h5,7,12-13,15,17H,6,8-10H2,1-4H3/b11-5-/t12-,13?,15+,17+,22+/m1/s1. The van der Waals surface area contributed by atoms with Gasteiger partial charge in [-0.05, 0) is 31.7 Å². The van der Waals surface area contributed by atoms with Gasteiger partial charge in [-0.1, -0.05) is 11.6 Å². The third-order valence-electron chi connectivity index (χ3n) is 7.92. The van der Waals surface area contributed by atoms with Gasteiger partial charge in [0.1, 0.15) is 5.69 Å². The highest BCUT2D eigenvalue weighted by Crippen LogP contribution is 2.65. The van der Waals surface area contributed by atoms with E-state index in [0.29, 0.717) is 41.2 Å². The molecule has 6 aliphatic rings. The first kappa shape index (κ1) is 16.7. The third-order valence-corrected chi connectivity index (χ3v) is 7.92. The lowest BCUT2D eigenvalue weighted by atomic mass is 9.68. The molecule has 2 unspecified atom stereocenters. The lowest BCUT2D eigenvalue weighted by Crippen LogP contribution is -2.61. The monoisotopic (exact) mass is 382 g/mol. The molecule has 6 heterocycles. The Labute approximate surface area is 165 Å². The number of piperidine rings is 3. The Balaban J connectivity index is 1.59. The summed E-state index contributed by atoms with van der Waals surface area (Å²) in [6, 6.07) is 3.10. The molecule has 0 aromatic heterocycles. The SMILES string of the molecule is C/C=C1/CN2[C@H]3C[C@H]1C1COC4=Nc5c(cc(OC)c(OC)c5OC)[C@]43C[C@@H]12. The highest BCUT2D eigenvalue weighted by molar-refractivity contribution is 6.00. The summed E-state index contributed by atoms with van der Waals surface area (Å²) in [6.07, 6.45) is 4.57. The summed E-state index contributed by atoms with van der Waals surface area (Å²) < 4.78 is 23.4. The molecule has 28 heavy (non-hydrogen) atoms. The van der Waals surface area contributed by atoms with Crippen LogP contribution in [0.2, 0.25) is 0 Å². The number of benzene rings is 1. The number of ether oxygens (including phenoxy) is 4. The van der Waals surface area contributed by atoms with Gasteiger partial charge in [-0.15, -0.1) is 0 Å². The fourth-order valence-electron chi connectivity index (χ4n) is 6.79. The second-order valence-electron chi connectivity index (χ2n) is 8.57. The molecule has 5 bridgehead atoms. The molecule has 0 saturated carbocycles. The predicted molar refractivity (Wildman–Crippen MR) is 105 cm³/mol. The van der Waals surface area contributed by atoms with E-state index < -0.39 is 0 Å². The minimum Gasteiger partial charge on any atom is -0.493 e. The molecule has 5 fully saturated rings.